The fourth-order valence-electron chi connectivity index (χ4n) is 3.03. The van der Waals surface area contributed by atoms with Crippen molar-refractivity contribution >= 4 is 5.69 Å². The van der Waals surface area contributed by atoms with Gasteiger partial charge in [-0.3, -0.25) is 4.79 Å². The lowest BCUT2D eigenvalue weighted by molar-refractivity contribution is 0.444. The molecule has 1 fully saturated rings. The molecular weight excluding hydrogens is 236 g/mol. The number of nitrogens with zero attached hydrogens (tertiary/aromatic N) is 1. The summed E-state index contributed by atoms with van der Waals surface area (Å²) in [5.74, 6) is 0.913. The quantitative estimate of drug-likeness (QED) is 0.841. The summed E-state index contributed by atoms with van der Waals surface area (Å²) in [6.45, 7) is 5.04. The summed E-state index contributed by atoms with van der Waals surface area (Å²) in [4.78, 5) is 11.6. The van der Waals surface area contributed by atoms with Gasteiger partial charge in [-0.15, -0.1) is 0 Å². The Morgan fingerprint density at radius 2 is 2.05 bits per heavy atom. The highest BCUT2D eigenvalue weighted by atomic mass is 16.1. The molecule has 0 saturated heterocycles. The maximum Gasteiger partial charge on any atom is 0.250 e. The average molecular weight is 262 g/mol. The van der Waals surface area contributed by atoms with Crippen LogP contribution in [0, 0.1) is 5.92 Å². The molecule has 1 aliphatic carbocycles. The summed E-state index contributed by atoms with van der Waals surface area (Å²) in [5.41, 5.74) is 1.17. The van der Waals surface area contributed by atoms with Crippen LogP contribution < -0.4 is 10.9 Å². The van der Waals surface area contributed by atoms with Crippen molar-refractivity contribution in [2.75, 3.05) is 5.32 Å². The van der Waals surface area contributed by atoms with Crippen LogP contribution >= 0.6 is 0 Å². The van der Waals surface area contributed by atoms with Crippen LogP contribution in [0.3, 0.4) is 0 Å². The fourth-order valence-corrected chi connectivity index (χ4v) is 3.03. The van der Waals surface area contributed by atoms with E-state index in [1.165, 1.54) is 38.5 Å². The van der Waals surface area contributed by atoms with Crippen LogP contribution in [0.15, 0.2) is 23.1 Å². The van der Waals surface area contributed by atoms with E-state index in [2.05, 4.69) is 12.2 Å². The zero-order valence-corrected chi connectivity index (χ0v) is 12.2. The van der Waals surface area contributed by atoms with Crippen LogP contribution in [0.25, 0.3) is 0 Å². The molecule has 1 aliphatic rings. The van der Waals surface area contributed by atoms with E-state index in [1.54, 1.807) is 10.6 Å². The maximum atomic E-state index is 11.6. The van der Waals surface area contributed by atoms with Gasteiger partial charge >= 0.3 is 0 Å². The minimum Gasteiger partial charge on any atom is -0.381 e. The highest BCUT2D eigenvalue weighted by Crippen LogP contribution is 2.27. The first-order valence-corrected chi connectivity index (χ1v) is 7.70. The Labute approximate surface area is 116 Å². The van der Waals surface area contributed by atoms with Crippen LogP contribution in [0.1, 0.15) is 52.4 Å². The van der Waals surface area contributed by atoms with E-state index in [4.69, 9.17) is 0 Å². The number of pyridine rings is 1. The van der Waals surface area contributed by atoms with E-state index >= 15 is 0 Å². The van der Waals surface area contributed by atoms with Gasteiger partial charge in [-0.2, -0.15) is 0 Å². The van der Waals surface area contributed by atoms with Crippen molar-refractivity contribution in [3.8, 4) is 0 Å². The number of aryl methyl sites for hydroxylation is 1. The Bertz CT molecular complexity index is 452. The molecule has 2 unspecified atom stereocenters. The maximum absolute atomic E-state index is 11.6. The second-order valence-corrected chi connectivity index (χ2v) is 5.67. The van der Waals surface area contributed by atoms with Crippen molar-refractivity contribution in [2.45, 2.75) is 65.0 Å². The van der Waals surface area contributed by atoms with Crippen molar-refractivity contribution in [3.63, 3.8) is 0 Å². The van der Waals surface area contributed by atoms with E-state index in [-0.39, 0.29) is 5.56 Å². The summed E-state index contributed by atoms with van der Waals surface area (Å²) in [6.07, 6.45) is 9.80. The summed E-state index contributed by atoms with van der Waals surface area (Å²) < 4.78 is 1.76. The molecule has 0 amide bonds. The van der Waals surface area contributed by atoms with Crippen LogP contribution in [0.2, 0.25) is 0 Å². The monoisotopic (exact) mass is 262 g/mol. The molecule has 0 radical (unpaired) electrons. The summed E-state index contributed by atoms with van der Waals surface area (Å²) in [6, 6.07) is 4.15. The summed E-state index contributed by atoms with van der Waals surface area (Å²) in [5, 5.41) is 3.61. The molecule has 0 spiro atoms. The topological polar surface area (TPSA) is 34.0 Å². The number of rotatable bonds is 4. The normalized spacial score (nSPS) is 23.9. The SMILES string of the molecule is CCC1CCCC(Nc2ccc(=O)n(CC)c2)CC1. The second-order valence-electron chi connectivity index (χ2n) is 5.67. The molecule has 3 heteroatoms. The molecule has 106 valence electrons. The lowest BCUT2D eigenvalue weighted by Crippen LogP contribution is -2.22. The predicted molar refractivity (Wildman–Crippen MR) is 80.7 cm³/mol. The first kappa shape index (κ1) is 14.2. The largest absolute Gasteiger partial charge is 0.381 e. The van der Waals surface area contributed by atoms with Gasteiger partial charge < -0.3 is 9.88 Å². The number of hydrogen-bond acceptors (Lipinski definition) is 2. The highest BCUT2D eigenvalue weighted by molar-refractivity contribution is 5.41. The Morgan fingerprint density at radius 1 is 1.21 bits per heavy atom. The van der Waals surface area contributed by atoms with E-state index in [0.717, 1.165) is 18.2 Å². The van der Waals surface area contributed by atoms with Gasteiger partial charge in [-0.25, -0.2) is 0 Å². The third kappa shape index (κ3) is 3.85. The van der Waals surface area contributed by atoms with Crippen LogP contribution in [-0.4, -0.2) is 10.6 Å². The Kier molecular flexibility index (Phi) is 5.06. The van der Waals surface area contributed by atoms with Gasteiger partial charge in [0.05, 0.1) is 5.69 Å². The number of anilines is 1. The molecule has 0 aromatic carbocycles. The minimum absolute atomic E-state index is 0.0833. The first-order valence-electron chi connectivity index (χ1n) is 7.70. The lowest BCUT2D eigenvalue weighted by atomic mass is 9.98. The van der Waals surface area contributed by atoms with Gasteiger partial charge in [0.2, 0.25) is 0 Å². The Hall–Kier alpha value is -1.25. The number of aromatic nitrogens is 1. The molecule has 2 atom stereocenters. The lowest BCUT2D eigenvalue weighted by Gasteiger charge is -2.18. The van der Waals surface area contributed by atoms with Crippen molar-refractivity contribution < 1.29 is 0 Å². The molecule has 0 aliphatic heterocycles. The molecule has 1 aromatic rings. The van der Waals surface area contributed by atoms with E-state index in [9.17, 15) is 4.79 Å². The molecule has 1 N–H and O–H groups in total. The summed E-state index contributed by atoms with van der Waals surface area (Å²) >= 11 is 0. The van der Waals surface area contributed by atoms with Crippen LogP contribution in [0.5, 0.6) is 0 Å². The predicted octanol–water partition coefficient (Wildman–Crippen LogP) is 3.64. The Balaban J connectivity index is 1.99. The molecule has 1 saturated carbocycles. The zero-order chi connectivity index (χ0) is 13.7. The smallest absolute Gasteiger partial charge is 0.250 e. The standard InChI is InChI=1S/C16H26N2O/c1-3-13-6-5-7-14(9-8-13)17-15-10-11-16(19)18(4-2)12-15/h10-14,17H,3-9H2,1-2H3. The van der Waals surface area contributed by atoms with Crippen LogP contribution in [-0.2, 0) is 6.54 Å². The van der Waals surface area contributed by atoms with E-state index in [1.807, 2.05) is 19.2 Å². The third-order valence-electron chi connectivity index (χ3n) is 4.36. The molecular formula is C16H26N2O. The van der Waals surface area contributed by atoms with Gasteiger partial charge in [-0.05, 0) is 38.2 Å². The fraction of sp³-hybridized carbons (Fsp3) is 0.688. The molecule has 0 bridgehead atoms. The molecule has 3 nitrogen and oxygen atoms in total. The van der Waals surface area contributed by atoms with Crippen molar-refractivity contribution in [2.24, 2.45) is 5.92 Å². The van der Waals surface area contributed by atoms with E-state index in [0.29, 0.717) is 6.04 Å². The van der Waals surface area contributed by atoms with Gasteiger partial charge in [0.15, 0.2) is 0 Å². The molecule has 1 heterocycles. The molecule has 1 aromatic heterocycles. The van der Waals surface area contributed by atoms with Gasteiger partial charge in [0, 0.05) is 24.8 Å². The highest BCUT2D eigenvalue weighted by Gasteiger charge is 2.17. The third-order valence-corrected chi connectivity index (χ3v) is 4.36. The van der Waals surface area contributed by atoms with Gasteiger partial charge in [0.1, 0.15) is 0 Å². The van der Waals surface area contributed by atoms with Crippen molar-refractivity contribution in [1.29, 1.82) is 0 Å². The van der Waals surface area contributed by atoms with Crippen molar-refractivity contribution in [1.82, 2.24) is 4.57 Å². The Morgan fingerprint density at radius 3 is 2.79 bits per heavy atom. The van der Waals surface area contributed by atoms with Crippen molar-refractivity contribution in [3.05, 3.63) is 28.7 Å². The number of nitrogens with one attached hydrogen (secondary N) is 1. The zero-order valence-electron chi connectivity index (χ0n) is 12.2. The van der Waals surface area contributed by atoms with Gasteiger partial charge in [-0.1, -0.05) is 26.2 Å². The van der Waals surface area contributed by atoms with Gasteiger partial charge in [0.25, 0.3) is 5.56 Å². The second kappa shape index (κ2) is 6.78. The van der Waals surface area contributed by atoms with Crippen LogP contribution in [0.4, 0.5) is 5.69 Å². The average Bonchev–Trinajstić information content (AvgIpc) is 2.66. The number of hydrogen-bond donors (Lipinski definition) is 1. The molecule has 19 heavy (non-hydrogen) atoms. The minimum atomic E-state index is 0.0833. The molecule has 2 rings (SSSR count). The summed E-state index contributed by atoms with van der Waals surface area (Å²) in [7, 11) is 0. The first-order chi connectivity index (χ1) is 9.22. The van der Waals surface area contributed by atoms with E-state index < -0.39 is 0 Å².